The van der Waals surface area contributed by atoms with Gasteiger partial charge in [0.15, 0.2) is 0 Å². The van der Waals surface area contributed by atoms with Crippen LogP contribution in [-0.2, 0) is 15.6 Å². The van der Waals surface area contributed by atoms with E-state index in [-0.39, 0.29) is 33.5 Å². The van der Waals surface area contributed by atoms with Crippen LogP contribution in [0.1, 0.15) is 31.1 Å². The summed E-state index contributed by atoms with van der Waals surface area (Å²) in [6.45, 7) is 5.37. The molecule has 0 saturated carbocycles. The summed E-state index contributed by atoms with van der Waals surface area (Å²) >= 11 is 12.3. The number of carbonyl (C=O) groups is 2. The zero-order chi connectivity index (χ0) is 24.5. The second-order valence-electron chi connectivity index (χ2n) is 7.95. The van der Waals surface area contributed by atoms with Crippen molar-refractivity contribution < 1.29 is 22.6 Å². The lowest BCUT2D eigenvalue weighted by atomic mass is 10.0. The minimum atomic E-state index is -3.58. The molecule has 0 spiro atoms. The van der Waals surface area contributed by atoms with Gasteiger partial charge in [0.05, 0.1) is 26.5 Å². The molecule has 1 aliphatic heterocycles. The maximum absolute atomic E-state index is 13.2. The van der Waals surface area contributed by atoms with Crippen LogP contribution in [0.4, 0.5) is 14.6 Å². The van der Waals surface area contributed by atoms with Gasteiger partial charge in [-0.1, -0.05) is 23.2 Å². The monoisotopic (exact) mass is 517 g/mol. The lowest BCUT2D eigenvalue weighted by molar-refractivity contribution is -0.137. The molecule has 11 heteroatoms. The quantitative estimate of drug-likeness (QED) is 0.565. The molecule has 0 bridgehead atoms. The van der Waals surface area contributed by atoms with E-state index in [1.165, 1.54) is 18.2 Å². The molecule has 1 aromatic carbocycles. The number of halogens is 4. The molecule has 1 aliphatic rings. The Balaban J connectivity index is 1.74. The van der Waals surface area contributed by atoms with Crippen molar-refractivity contribution in [2.24, 2.45) is 0 Å². The number of ketones is 1. The average Bonchev–Trinajstić information content (AvgIpc) is 2.74. The highest BCUT2D eigenvalue weighted by atomic mass is 35.5. The fraction of sp³-hybridized carbons (Fsp3) is 0.409. The largest absolute Gasteiger partial charge is 0.350 e. The van der Waals surface area contributed by atoms with Crippen molar-refractivity contribution in [3.8, 4) is 0 Å². The van der Waals surface area contributed by atoms with Gasteiger partial charge in [-0.15, -0.1) is 0 Å². The first-order valence-corrected chi connectivity index (χ1v) is 12.3. The van der Waals surface area contributed by atoms with Crippen LogP contribution in [0.2, 0.25) is 10.0 Å². The van der Waals surface area contributed by atoms with Crippen molar-refractivity contribution in [3.05, 3.63) is 52.1 Å². The number of amides is 1. The van der Waals surface area contributed by atoms with Crippen LogP contribution in [0.25, 0.3) is 0 Å². The van der Waals surface area contributed by atoms with E-state index in [0.29, 0.717) is 25.0 Å². The molecular formula is C22H23Cl2F2N3O3S. The number of aromatic nitrogens is 1. The Bertz CT molecular complexity index is 1100. The highest BCUT2D eigenvalue weighted by Crippen LogP contribution is 2.28. The maximum Gasteiger partial charge on any atom is 0.303 e. The third kappa shape index (κ3) is 5.70. The highest BCUT2D eigenvalue weighted by Gasteiger charge is 2.35. The Labute approximate surface area is 203 Å². The van der Waals surface area contributed by atoms with Crippen molar-refractivity contribution in [2.45, 2.75) is 43.7 Å². The summed E-state index contributed by atoms with van der Waals surface area (Å²) in [7, 11) is -2.05. The van der Waals surface area contributed by atoms with E-state index in [0.717, 1.165) is 5.82 Å². The Hall–Kier alpha value is -2.10. The summed E-state index contributed by atoms with van der Waals surface area (Å²) in [4.78, 5) is 32.9. The molecule has 178 valence electrons. The first kappa shape index (κ1) is 25.5. The minimum Gasteiger partial charge on any atom is -0.350 e. The SMILES string of the molecule is CC1[C@H](C)N(C(=O)c2ccc(S(=O)CC(=O)C(C)(F)F)c(Cl)c2)CCN1c1cc(Cl)ccn1. The van der Waals surface area contributed by atoms with Crippen molar-refractivity contribution in [1.82, 2.24) is 9.88 Å². The number of hydrogen-bond donors (Lipinski definition) is 0. The maximum atomic E-state index is 13.2. The molecule has 2 unspecified atom stereocenters. The summed E-state index contributed by atoms with van der Waals surface area (Å²) in [5, 5.41) is 0.559. The van der Waals surface area contributed by atoms with Gasteiger partial charge >= 0.3 is 5.92 Å². The molecule has 3 rings (SSSR count). The van der Waals surface area contributed by atoms with Gasteiger partial charge in [0.25, 0.3) is 5.91 Å². The zero-order valence-electron chi connectivity index (χ0n) is 18.2. The number of Topliss-reactive ketones (excluding diaryl/α,β-unsaturated/α-hetero) is 1. The first-order valence-electron chi connectivity index (χ1n) is 10.2. The van der Waals surface area contributed by atoms with Crippen molar-refractivity contribution in [3.63, 3.8) is 0 Å². The standard InChI is InChI=1S/C22H23Cl2F2N3O3S/c1-13-14(2)29(9-8-28(13)20-11-16(23)6-7-27-20)21(31)15-4-5-18(17(24)10-15)33(32)12-19(30)22(3,25)26/h4-7,10-11,13-14H,8-9,12H2,1-3H3/t13?,14-,33?/m0/s1. The average molecular weight is 518 g/mol. The topological polar surface area (TPSA) is 70.6 Å². The molecule has 0 aliphatic carbocycles. The third-order valence-corrected chi connectivity index (χ3v) is 7.73. The molecule has 2 aromatic rings. The van der Waals surface area contributed by atoms with Gasteiger partial charge < -0.3 is 9.80 Å². The number of hydrogen-bond acceptors (Lipinski definition) is 5. The number of nitrogens with zero attached hydrogens (tertiary/aromatic N) is 3. The van der Waals surface area contributed by atoms with Gasteiger partial charge in [-0.3, -0.25) is 13.8 Å². The van der Waals surface area contributed by atoms with Crippen molar-refractivity contribution in [2.75, 3.05) is 23.7 Å². The Morgan fingerprint density at radius 3 is 2.45 bits per heavy atom. The number of anilines is 1. The fourth-order valence-electron chi connectivity index (χ4n) is 3.61. The number of carbonyl (C=O) groups excluding carboxylic acids is 2. The van der Waals surface area contributed by atoms with Crippen LogP contribution in [0.3, 0.4) is 0 Å². The molecule has 1 saturated heterocycles. The predicted molar refractivity (Wildman–Crippen MR) is 125 cm³/mol. The zero-order valence-corrected chi connectivity index (χ0v) is 20.6. The summed E-state index contributed by atoms with van der Waals surface area (Å²) in [6.07, 6.45) is 1.63. The molecule has 0 N–H and O–H groups in total. The lowest BCUT2D eigenvalue weighted by Gasteiger charge is -2.45. The second kappa shape index (κ2) is 10.0. The van der Waals surface area contributed by atoms with E-state index in [1.807, 2.05) is 13.8 Å². The van der Waals surface area contributed by atoms with E-state index in [4.69, 9.17) is 23.2 Å². The molecule has 1 aromatic heterocycles. The van der Waals surface area contributed by atoms with E-state index < -0.39 is 28.3 Å². The van der Waals surface area contributed by atoms with E-state index >= 15 is 0 Å². The summed E-state index contributed by atoms with van der Waals surface area (Å²) in [6, 6.07) is 7.41. The van der Waals surface area contributed by atoms with Gasteiger partial charge in [0, 0.05) is 48.9 Å². The number of alkyl halides is 2. The van der Waals surface area contributed by atoms with Crippen LogP contribution < -0.4 is 4.90 Å². The van der Waals surface area contributed by atoms with Crippen LogP contribution in [0.15, 0.2) is 41.4 Å². The van der Waals surface area contributed by atoms with Gasteiger partial charge in [-0.25, -0.2) is 4.98 Å². The molecule has 0 radical (unpaired) electrons. The number of rotatable bonds is 6. The van der Waals surface area contributed by atoms with Gasteiger partial charge in [-0.05, 0) is 44.2 Å². The molecule has 2 heterocycles. The summed E-state index contributed by atoms with van der Waals surface area (Å²) < 4.78 is 38.6. The van der Waals surface area contributed by atoms with E-state index in [1.54, 1.807) is 23.2 Å². The molecule has 33 heavy (non-hydrogen) atoms. The number of piperazine rings is 1. The van der Waals surface area contributed by atoms with Crippen molar-refractivity contribution >= 4 is 51.5 Å². The van der Waals surface area contributed by atoms with E-state index in [9.17, 15) is 22.6 Å². The normalized spacial score (nSPS) is 20.0. The van der Waals surface area contributed by atoms with Gasteiger partial charge in [0.1, 0.15) is 5.82 Å². The minimum absolute atomic E-state index is 0.0196. The molecule has 1 fully saturated rings. The molecule has 1 amide bonds. The van der Waals surface area contributed by atoms with Crippen LogP contribution >= 0.6 is 23.2 Å². The summed E-state index contributed by atoms with van der Waals surface area (Å²) in [5.74, 6) is -5.40. The van der Waals surface area contributed by atoms with Gasteiger partial charge in [0.2, 0.25) is 5.78 Å². The lowest BCUT2D eigenvalue weighted by Crippen LogP contribution is -2.59. The second-order valence-corrected chi connectivity index (χ2v) is 10.2. The molecule has 6 nitrogen and oxygen atoms in total. The first-order chi connectivity index (χ1) is 15.4. The Kier molecular flexibility index (Phi) is 7.76. The summed E-state index contributed by atoms with van der Waals surface area (Å²) in [5.41, 5.74) is 0.279. The van der Waals surface area contributed by atoms with Gasteiger partial charge in [-0.2, -0.15) is 8.78 Å². The molecular weight excluding hydrogens is 495 g/mol. The highest BCUT2D eigenvalue weighted by molar-refractivity contribution is 7.86. The van der Waals surface area contributed by atoms with E-state index in [2.05, 4.69) is 9.88 Å². The van der Waals surface area contributed by atoms with Crippen LogP contribution in [0.5, 0.6) is 0 Å². The predicted octanol–water partition coefficient (Wildman–Crippen LogP) is 4.46. The smallest absolute Gasteiger partial charge is 0.303 e. The third-order valence-electron chi connectivity index (χ3n) is 5.70. The number of benzene rings is 1. The van der Waals surface area contributed by atoms with Crippen molar-refractivity contribution in [1.29, 1.82) is 0 Å². The van der Waals surface area contributed by atoms with Crippen LogP contribution in [-0.4, -0.2) is 62.6 Å². The molecule has 3 atom stereocenters. The Morgan fingerprint density at radius 2 is 1.85 bits per heavy atom. The number of pyridine rings is 1. The Morgan fingerprint density at radius 1 is 1.15 bits per heavy atom. The van der Waals surface area contributed by atoms with Crippen LogP contribution in [0, 0.1) is 0 Å². The fourth-order valence-corrected chi connectivity index (χ4v) is 5.35.